The molecule has 1 N–H and O–H groups in total. The zero-order chi connectivity index (χ0) is 10.5. The predicted molar refractivity (Wildman–Crippen MR) is 56.4 cm³/mol. The lowest BCUT2D eigenvalue weighted by atomic mass is 10.4. The minimum absolute atomic E-state index is 0.0865. The molecule has 0 rings (SSSR count). The molecule has 0 aromatic rings. The minimum Gasteiger partial charge on any atom is -0.376 e. The first-order chi connectivity index (χ1) is 5.85. The fourth-order valence-electron chi connectivity index (χ4n) is 0.921. The standard InChI is InChI=1S/C9H20NO2S/c1-5-6-8(11)13-9(12)7-10(2,3)4/h9,12H,5-7H2,1-4H3/q+1/t9-/m0/s1. The maximum Gasteiger partial charge on any atom is 0.191 e. The number of hydrogen-bond donors (Lipinski definition) is 1. The van der Waals surface area contributed by atoms with Gasteiger partial charge in [0.15, 0.2) is 10.6 Å². The van der Waals surface area contributed by atoms with Crippen molar-refractivity contribution in [3.63, 3.8) is 0 Å². The second-order valence-corrected chi connectivity index (χ2v) is 5.40. The van der Waals surface area contributed by atoms with Crippen LogP contribution in [0.3, 0.4) is 0 Å². The number of rotatable bonds is 5. The average molecular weight is 206 g/mol. The largest absolute Gasteiger partial charge is 0.376 e. The molecule has 0 saturated carbocycles. The molecule has 0 radical (unpaired) electrons. The van der Waals surface area contributed by atoms with Gasteiger partial charge in [0, 0.05) is 6.42 Å². The Morgan fingerprint density at radius 1 is 1.46 bits per heavy atom. The Labute approximate surface area is 84.7 Å². The van der Waals surface area contributed by atoms with E-state index in [1.165, 1.54) is 0 Å². The van der Waals surface area contributed by atoms with E-state index in [0.29, 0.717) is 17.4 Å². The lowest BCUT2D eigenvalue weighted by Crippen LogP contribution is -2.40. The average Bonchev–Trinajstić information content (AvgIpc) is 1.81. The zero-order valence-electron chi connectivity index (χ0n) is 8.91. The molecule has 0 heterocycles. The summed E-state index contributed by atoms with van der Waals surface area (Å²) in [5, 5.41) is 9.59. The van der Waals surface area contributed by atoms with Crippen LogP contribution in [0, 0.1) is 0 Å². The third-order valence-electron chi connectivity index (χ3n) is 1.43. The maximum atomic E-state index is 11.1. The van der Waals surface area contributed by atoms with E-state index in [4.69, 9.17) is 0 Å². The van der Waals surface area contributed by atoms with E-state index in [9.17, 15) is 9.90 Å². The Morgan fingerprint density at radius 3 is 2.38 bits per heavy atom. The Morgan fingerprint density at radius 2 is 2.00 bits per heavy atom. The van der Waals surface area contributed by atoms with Crippen molar-refractivity contribution in [2.45, 2.75) is 25.2 Å². The van der Waals surface area contributed by atoms with Gasteiger partial charge in [-0.05, 0) is 6.42 Å². The molecular formula is C9H20NO2S+. The van der Waals surface area contributed by atoms with Gasteiger partial charge in [0.05, 0.1) is 21.1 Å². The third-order valence-corrected chi connectivity index (χ3v) is 2.31. The first kappa shape index (κ1) is 12.9. The Hall–Kier alpha value is -0.0600. The fourth-order valence-corrected chi connectivity index (χ4v) is 2.07. The highest BCUT2D eigenvalue weighted by molar-refractivity contribution is 8.14. The number of hydrogen-bond acceptors (Lipinski definition) is 3. The topological polar surface area (TPSA) is 37.3 Å². The summed E-state index contributed by atoms with van der Waals surface area (Å²) in [7, 11) is 5.98. The number of carbonyl (C=O) groups is 1. The molecule has 0 aliphatic heterocycles. The highest BCUT2D eigenvalue weighted by Gasteiger charge is 2.18. The number of quaternary nitrogens is 1. The van der Waals surface area contributed by atoms with Gasteiger partial charge >= 0.3 is 0 Å². The summed E-state index contributed by atoms with van der Waals surface area (Å²) in [4.78, 5) is 11.1. The number of aliphatic hydroxyl groups is 1. The fraction of sp³-hybridized carbons (Fsp3) is 0.889. The molecule has 0 fully saturated rings. The number of likely N-dealkylation sites (N-methyl/N-ethyl adjacent to an activating group) is 1. The highest BCUT2D eigenvalue weighted by Crippen LogP contribution is 2.14. The summed E-state index contributed by atoms with van der Waals surface area (Å²) in [6, 6.07) is 0. The maximum absolute atomic E-state index is 11.1. The van der Waals surface area contributed by atoms with Crippen LogP contribution in [0.25, 0.3) is 0 Å². The van der Waals surface area contributed by atoms with E-state index in [0.717, 1.165) is 18.2 Å². The van der Waals surface area contributed by atoms with Crippen LogP contribution in [0.4, 0.5) is 0 Å². The summed E-state index contributed by atoms with van der Waals surface area (Å²) >= 11 is 1.05. The third kappa shape index (κ3) is 8.28. The SMILES string of the molecule is CCCC(=O)S[C@H](O)C[N+](C)(C)C. The molecule has 0 aliphatic rings. The molecular weight excluding hydrogens is 186 g/mol. The summed E-state index contributed by atoms with van der Waals surface area (Å²) < 4.78 is 0.674. The minimum atomic E-state index is -0.570. The Kier molecular flexibility index (Phi) is 5.60. The highest BCUT2D eigenvalue weighted by atomic mass is 32.2. The van der Waals surface area contributed by atoms with Crippen LogP contribution in [0.1, 0.15) is 19.8 Å². The summed E-state index contributed by atoms with van der Waals surface area (Å²) in [5.41, 5.74) is -0.570. The van der Waals surface area contributed by atoms with Crippen molar-refractivity contribution in [1.82, 2.24) is 0 Å². The van der Waals surface area contributed by atoms with Crippen LogP contribution in [0.5, 0.6) is 0 Å². The van der Waals surface area contributed by atoms with Crippen molar-refractivity contribution in [2.24, 2.45) is 0 Å². The Bertz CT molecular complexity index is 165. The summed E-state index contributed by atoms with van der Waals surface area (Å²) in [6.45, 7) is 2.56. The van der Waals surface area contributed by atoms with Crippen LogP contribution in [0.15, 0.2) is 0 Å². The quantitative estimate of drug-likeness (QED) is 0.540. The van der Waals surface area contributed by atoms with E-state index in [1.807, 2.05) is 28.1 Å². The van der Waals surface area contributed by atoms with Crippen molar-refractivity contribution in [3.05, 3.63) is 0 Å². The van der Waals surface area contributed by atoms with E-state index in [2.05, 4.69) is 0 Å². The molecule has 13 heavy (non-hydrogen) atoms. The summed E-state index contributed by atoms with van der Waals surface area (Å²) in [6.07, 6.45) is 1.40. The monoisotopic (exact) mass is 206 g/mol. The van der Waals surface area contributed by atoms with E-state index in [1.54, 1.807) is 0 Å². The second kappa shape index (κ2) is 5.62. The molecule has 78 valence electrons. The first-order valence-corrected chi connectivity index (χ1v) is 5.41. The number of carbonyl (C=O) groups excluding carboxylic acids is 1. The molecule has 4 heteroatoms. The van der Waals surface area contributed by atoms with Crippen molar-refractivity contribution < 1.29 is 14.4 Å². The van der Waals surface area contributed by atoms with Crippen molar-refractivity contribution in [3.8, 4) is 0 Å². The molecule has 3 nitrogen and oxygen atoms in total. The molecule has 0 unspecified atom stereocenters. The predicted octanol–water partition coefficient (Wildman–Crippen LogP) is 1.07. The van der Waals surface area contributed by atoms with Crippen LogP contribution >= 0.6 is 11.8 Å². The molecule has 0 aromatic carbocycles. The Balaban J connectivity index is 3.74. The number of nitrogens with zero attached hydrogens (tertiary/aromatic N) is 1. The lowest BCUT2D eigenvalue weighted by Gasteiger charge is -2.25. The van der Waals surface area contributed by atoms with E-state index in [-0.39, 0.29) is 5.12 Å². The van der Waals surface area contributed by atoms with Crippen molar-refractivity contribution in [2.75, 3.05) is 27.7 Å². The molecule has 0 bridgehead atoms. The summed E-state index contributed by atoms with van der Waals surface area (Å²) in [5.74, 6) is 0. The van der Waals surface area contributed by atoms with Gasteiger partial charge in [-0.1, -0.05) is 18.7 Å². The van der Waals surface area contributed by atoms with Crippen LogP contribution in [0.2, 0.25) is 0 Å². The van der Waals surface area contributed by atoms with Crippen LogP contribution in [-0.4, -0.2) is 47.8 Å². The van der Waals surface area contributed by atoms with Crippen LogP contribution < -0.4 is 0 Å². The van der Waals surface area contributed by atoms with E-state index >= 15 is 0 Å². The van der Waals surface area contributed by atoms with Gasteiger partial charge in [-0.3, -0.25) is 4.79 Å². The smallest absolute Gasteiger partial charge is 0.191 e. The van der Waals surface area contributed by atoms with Gasteiger partial charge in [0.2, 0.25) is 0 Å². The molecule has 0 aliphatic carbocycles. The van der Waals surface area contributed by atoms with Gasteiger partial charge in [-0.15, -0.1) is 0 Å². The molecule has 1 atom stereocenters. The van der Waals surface area contributed by atoms with Gasteiger partial charge in [0.25, 0.3) is 0 Å². The first-order valence-electron chi connectivity index (χ1n) is 4.53. The van der Waals surface area contributed by atoms with E-state index < -0.39 is 5.44 Å². The lowest BCUT2D eigenvalue weighted by molar-refractivity contribution is -0.871. The molecule has 0 aromatic heterocycles. The molecule has 0 saturated heterocycles. The second-order valence-electron chi connectivity index (χ2n) is 4.17. The van der Waals surface area contributed by atoms with Gasteiger partial charge in [0.1, 0.15) is 6.54 Å². The molecule has 0 spiro atoms. The van der Waals surface area contributed by atoms with Gasteiger partial charge in [-0.25, -0.2) is 0 Å². The molecule has 0 amide bonds. The van der Waals surface area contributed by atoms with Crippen molar-refractivity contribution in [1.29, 1.82) is 0 Å². The van der Waals surface area contributed by atoms with Gasteiger partial charge in [-0.2, -0.15) is 0 Å². The zero-order valence-corrected chi connectivity index (χ0v) is 9.73. The van der Waals surface area contributed by atoms with Gasteiger partial charge < -0.3 is 9.59 Å². The van der Waals surface area contributed by atoms with Crippen molar-refractivity contribution >= 4 is 16.9 Å². The van der Waals surface area contributed by atoms with Crippen LogP contribution in [-0.2, 0) is 4.79 Å². The number of thioether (sulfide) groups is 1. The normalized spacial score (nSPS) is 14.2. The number of aliphatic hydroxyl groups excluding tert-OH is 1.